The lowest BCUT2D eigenvalue weighted by atomic mass is 9.96. The zero-order valence-corrected chi connectivity index (χ0v) is 20.4. The van der Waals surface area contributed by atoms with E-state index in [9.17, 15) is 13.6 Å². The molecule has 0 saturated carbocycles. The Labute approximate surface area is 201 Å². The monoisotopic (exact) mass is 470 g/mol. The Morgan fingerprint density at radius 1 is 1.18 bits per heavy atom. The van der Waals surface area contributed by atoms with Gasteiger partial charge in [0.15, 0.2) is 0 Å². The summed E-state index contributed by atoms with van der Waals surface area (Å²) in [6.45, 7) is 10.1. The van der Waals surface area contributed by atoms with Crippen LogP contribution < -0.4 is 10.9 Å². The second-order valence-corrected chi connectivity index (χ2v) is 10.7. The Morgan fingerprint density at radius 2 is 1.91 bits per heavy atom. The van der Waals surface area contributed by atoms with Gasteiger partial charge < -0.3 is 9.88 Å². The molecule has 1 N–H and O–H groups in total. The lowest BCUT2D eigenvalue weighted by Crippen LogP contribution is -2.41. The highest BCUT2D eigenvalue weighted by molar-refractivity contribution is 5.80. The van der Waals surface area contributed by atoms with Crippen molar-refractivity contribution in [3.05, 3.63) is 70.1 Å². The number of benzene rings is 1. The number of rotatable bonds is 6. The predicted octanol–water partition coefficient (Wildman–Crippen LogP) is 6.09. The molecule has 1 atom stereocenters. The molecule has 2 aromatic heterocycles. The molecule has 0 amide bonds. The Morgan fingerprint density at radius 3 is 2.59 bits per heavy atom. The van der Waals surface area contributed by atoms with Crippen LogP contribution in [0.15, 0.2) is 53.5 Å². The maximum atomic E-state index is 13.7. The maximum absolute atomic E-state index is 13.7. The zero-order chi connectivity index (χ0) is 24.5. The molecule has 1 aliphatic heterocycles. The lowest BCUT2D eigenvalue weighted by molar-refractivity contribution is -0.0661. The van der Waals surface area contributed by atoms with Crippen LogP contribution in [0.25, 0.3) is 10.9 Å². The summed E-state index contributed by atoms with van der Waals surface area (Å²) >= 11 is 0. The number of halogens is 2. The van der Waals surface area contributed by atoms with E-state index < -0.39 is 5.92 Å². The van der Waals surface area contributed by atoms with E-state index in [1.807, 2.05) is 45.9 Å². The molecule has 1 saturated heterocycles. The molecule has 3 aromatic rings. The number of nitrogens with zero attached hydrogens (tertiary/aromatic N) is 3. The first-order valence-corrected chi connectivity index (χ1v) is 11.9. The number of likely N-dealkylation sites (tertiary alicyclic amines) is 1. The molecule has 5 nitrogen and oxygen atoms in total. The van der Waals surface area contributed by atoms with Crippen molar-refractivity contribution in [2.24, 2.45) is 5.41 Å². The number of nitrogens with one attached hydrogen (secondary N) is 1. The number of hydrogen-bond donors (Lipinski definition) is 1. The largest absolute Gasteiger partial charge is 0.363 e. The number of pyridine rings is 2. The fourth-order valence-corrected chi connectivity index (χ4v) is 4.56. The summed E-state index contributed by atoms with van der Waals surface area (Å²) in [7, 11) is 0. The van der Waals surface area contributed by atoms with Crippen LogP contribution in [0.3, 0.4) is 0 Å². The van der Waals surface area contributed by atoms with Crippen LogP contribution in [0.2, 0.25) is 0 Å². The van der Waals surface area contributed by atoms with Crippen LogP contribution in [-0.2, 0) is 13.1 Å². The van der Waals surface area contributed by atoms with E-state index in [-0.39, 0.29) is 31.4 Å². The average Bonchev–Trinajstić information content (AvgIpc) is 2.75. The van der Waals surface area contributed by atoms with Crippen molar-refractivity contribution < 1.29 is 10.2 Å². The first kappa shape index (κ1) is 24.3. The van der Waals surface area contributed by atoms with Crippen molar-refractivity contribution in [1.29, 1.82) is 0 Å². The minimum atomic E-state index is -2.58. The molecule has 0 spiro atoms. The van der Waals surface area contributed by atoms with Gasteiger partial charge in [0.1, 0.15) is 5.82 Å². The number of hydrogen-bond acceptors (Lipinski definition) is 4. The van der Waals surface area contributed by atoms with Gasteiger partial charge in [-0.3, -0.25) is 9.69 Å². The van der Waals surface area contributed by atoms with Gasteiger partial charge in [0.25, 0.3) is 11.5 Å². The van der Waals surface area contributed by atoms with E-state index >= 15 is 0 Å². The number of anilines is 1. The second-order valence-electron chi connectivity index (χ2n) is 10.7. The molecule has 184 valence electrons. The van der Waals surface area contributed by atoms with Crippen LogP contribution in [-0.4, -0.2) is 33.5 Å². The van der Waals surface area contributed by atoms with Gasteiger partial charge in [0.2, 0.25) is 0 Å². The third-order valence-corrected chi connectivity index (χ3v) is 6.23. The van der Waals surface area contributed by atoms with Gasteiger partial charge in [-0.2, -0.15) is 0 Å². The predicted molar refractivity (Wildman–Crippen MR) is 136 cm³/mol. The minimum absolute atomic E-state index is 0. The SMILES string of the molecule is C[C@H](Nc1cc2c(ccc(=O)n2CC(C)(C)C)cn1)c1ccc(CN2CCCC(F)(F)C2)cc1.[HH]. The fourth-order valence-electron chi connectivity index (χ4n) is 4.56. The first-order chi connectivity index (χ1) is 16.0. The fraction of sp³-hybridized carbons (Fsp3) is 0.481. The third kappa shape index (κ3) is 6.00. The van der Waals surface area contributed by atoms with Gasteiger partial charge in [-0.15, -0.1) is 0 Å². The molecular weight excluding hydrogens is 434 g/mol. The van der Waals surface area contributed by atoms with Gasteiger partial charge in [0.05, 0.1) is 12.1 Å². The zero-order valence-electron chi connectivity index (χ0n) is 20.4. The standard InChI is InChI=1S/C27H34F2N4O.H2/c1-19(21-8-6-20(7-9-21)16-32-13-5-12-27(28,29)18-32)31-24-14-23-22(15-30-24)10-11-25(34)33(23)17-26(2,3)4;/h6-11,14-15,19H,5,12-13,16-18H2,1-4H3,(H,30,31);1H/t19-;/m0./s1. The highest BCUT2D eigenvalue weighted by atomic mass is 19.3. The van der Waals surface area contributed by atoms with Crippen molar-refractivity contribution in [3.63, 3.8) is 0 Å². The maximum Gasteiger partial charge on any atom is 0.260 e. The highest BCUT2D eigenvalue weighted by Crippen LogP contribution is 2.28. The van der Waals surface area contributed by atoms with E-state index in [1.165, 1.54) is 0 Å². The van der Waals surface area contributed by atoms with Gasteiger partial charge in [-0.25, -0.2) is 13.8 Å². The molecular formula is C27H36F2N4O. The van der Waals surface area contributed by atoms with Crippen molar-refractivity contribution in [2.45, 2.75) is 65.6 Å². The molecule has 0 aliphatic carbocycles. The second kappa shape index (κ2) is 9.45. The molecule has 3 heterocycles. The van der Waals surface area contributed by atoms with Crippen molar-refractivity contribution >= 4 is 16.7 Å². The van der Waals surface area contributed by atoms with Crippen molar-refractivity contribution in [3.8, 4) is 0 Å². The molecule has 0 radical (unpaired) electrons. The van der Waals surface area contributed by atoms with Gasteiger partial charge in [-0.1, -0.05) is 45.0 Å². The molecule has 1 fully saturated rings. The van der Waals surface area contributed by atoms with Crippen LogP contribution in [0.5, 0.6) is 0 Å². The Hall–Kier alpha value is -2.80. The highest BCUT2D eigenvalue weighted by Gasteiger charge is 2.34. The van der Waals surface area contributed by atoms with E-state index in [2.05, 4.69) is 38.0 Å². The van der Waals surface area contributed by atoms with Crippen LogP contribution >= 0.6 is 0 Å². The quantitative estimate of drug-likeness (QED) is 0.473. The van der Waals surface area contributed by atoms with E-state index in [1.54, 1.807) is 12.3 Å². The van der Waals surface area contributed by atoms with E-state index in [0.717, 1.165) is 22.0 Å². The molecule has 0 unspecified atom stereocenters. The first-order valence-electron chi connectivity index (χ1n) is 11.9. The van der Waals surface area contributed by atoms with Crippen molar-refractivity contribution in [2.75, 3.05) is 18.4 Å². The van der Waals surface area contributed by atoms with Crippen LogP contribution in [0.1, 0.15) is 59.1 Å². The molecule has 1 aromatic carbocycles. The number of aromatic nitrogens is 2. The molecule has 7 heteroatoms. The number of piperidine rings is 1. The number of alkyl halides is 2. The normalized spacial score (nSPS) is 17.6. The summed E-state index contributed by atoms with van der Waals surface area (Å²) in [6.07, 6.45) is 2.32. The van der Waals surface area contributed by atoms with Gasteiger partial charge >= 0.3 is 0 Å². The summed E-state index contributed by atoms with van der Waals surface area (Å²) in [6, 6.07) is 13.4. The van der Waals surface area contributed by atoms with E-state index in [4.69, 9.17) is 0 Å². The van der Waals surface area contributed by atoms with Gasteiger partial charge in [-0.05, 0) is 42.5 Å². The lowest BCUT2D eigenvalue weighted by Gasteiger charge is -2.32. The summed E-state index contributed by atoms with van der Waals surface area (Å²) in [5.41, 5.74) is 2.92. The summed E-state index contributed by atoms with van der Waals surface area (Å²) < 4.78 is 29.2. The average molecular weight is 471 g/mol. The topological polar surface area (TPSA) is 50.2 Å². The minimum Gasteiger partial charge on any atom is -0.363 e. The molecule has 1 aliphatic rings. The molecule has 4 rings (SSSR count). The van der Waals surface area contributed by atoms with Crippen LogP contribution in [0, 0.1) is 5.41 Å². The number of fused-ring (bicyclic) bond motifs is 1. The van der Waals surface area contributed by atoms with Gasteiger partial charge in [0, 0.05) is 50.7 Å². The summed E-state index contributed by atoms with van der Waals surface area (Å²) in [4.78, 5) is 18.9. The Bertz CT molecular complexity index is 1200. The smallest absolute Gasteiger partial charge is 0.260 e. The van der Waals surface area contributed by atoms with E-state index in [0.29, 0.717) is 31.9 Å². The summed E-state index contributed by atoms with van der Waals surface area (Å²) in [5.74, 6) is -1.88. The summed E-state index contributed by atoms with van der Waals surface area (Å²) in [5, 5.41) is 4.36. The third-order valence-electron chi connectivity index (χ3n) is 6.23. The van der Waals surface area contributed by atoms with Crippen LogP contribution in [0.4, 0.5) is 14.6 Å². The Kier molecular flexibility index (Phi) is 6.76. The molecule has 0 bridgehead atoms. The molecule has 34 heavy (non-hydrogen) atoms. The van der Waals surface area contributed by atoms with Crippen molar-refractivity contribution in [1.82, 2.24) is 14.5 Å². The Balaban J connectivity index is 0.00000342.